The monoisotopic (exact) mass is 365 g/mol. The average Bonchev–Trinajstić information content (AvgIpc) is 2.42. The first-order valence-electron chi connectivity index (χ1n) is 7.10. The lowest BCUT2D eigenvalue weighted by Crippen LogP contribution is -2.61. The van der Waals surface area contributed by atoms with Crippen molar-refractivity contribution >= 4 is 36.5 Å². The van der Waals surface area contributed by atoms with Crippen LogP contribution < -0.4 is 0 Å². The molecule has 0 saturated carbocycles. The molecule has 0 spiro atoms. The van der Waals surface area contributed by atoms with Crippen LogP contribution in [-0.4, -0.2) is 60.3 Å². The third kappa shape index (κ3) is 6.00. The Labute approximate surface area is 144 Å². The smallest absolute Gasteiger partial charge is 0.303 e. The second kappa shape index (κ2) is 8.88. The van der Waals surface area contributed by atoms with Gasteiger partial charge in [0.05, 0.1) is 0 Å². The number of carbonyl (C=O) groups excluding carboxylic acids is 4. The SMILES string of the molecule is CC(=O)OC[C@H]1O[13C@@H](S)[C@H](OC(C)=O)[C@@H](OC(C)=O)[C@@H]1OC(C)=O. The summed E-state index contributed by atoms with van der Waals surface area (Å²) in [5.74, 6) is -2.57. The van der Waals surface area contributed by atoms with Crippen LogP contribution in [-0.2, 0) is 42.9 Å². The zero-order valence-electron chi connectivity index (χ0n) is 13.7. The van der Waals surface area contributed by atoms with E-state index in [1.165, 1.54) is 6.92 Å². The first kappa shape index (κ1) is 20.2. The first-order chi connectivity index (χ1) is 11.1. The van der Waals surface area contributed by atoms with Crippen LogP contribution in [0.1, 0.15) is 27.7 Å². The summed E-state index contributed by atoms with van der Waals surface area (Å²) in [7, 11) is 0. The van der Waals surface area contributed by atoms with Gasteiger partial charge in [-0.1, -0.05) is 0 Å². The second-order valence-electron chi connectivity index (χ2n) is 5.09. The van der Waals surface area contributed by atoms with E-state index >= 15 is 0 Å². The summed E-state index contributed by atoms with van der Waals surface area (Å²) in [6.45, 7) is 4.42. The van der Waals surface area contributed by atoms with E-state index in [2.05, 4.69) is 12.6 Å². The predicted octanol–water partition coefficient (Wildman–Crippen LogP) is -0.000700. The number of esters is 4. The molecule has 24 heavy (non-hydrogen) atoms. The molecule has 0 radical (unpaired) electrons. The van der Waals surface area contributed by atoms with Crippen LogP contribution in [0.4, 0.5) is 0 Å². The second-order valence-corrected chi connectivity index (χ2v) is 5.60. The number of rotatable bonds is 5. The Morgan fingerprint density at radius 3 is 1.71 bits per heavy atom. The van der Waals surface area contributed by atoms with Crippen molar-refractivity contribution in [3.63, 3.8) is 0 Å². The van der Waals surface area contributed by atoms with Crippen molar-refractivity contribution in [2.45, 2.75) is 57.5 Å². The van der Waals surface area contributed by atoms with Gasteiger partial charge in [-0.25, -0.2) is 0 Å². The van der Waals surface area contributed by atoms with Crippen LogP contribution in [0.3, 0.4) is 0 Å². The van der Waals surface area contributed by atoms with Crippen molar-refractivity contribution in [1.82, 2.24) is 0 Å². The molecule has 136 valence electrons. The van der Waals surface area contributed by atoms with E-state index in [4.69, 9.17) is 23.7 Å². The standard InChI is InChI=1S/C14H20O9S/c1-6(15)19-5-10-11(20-7(2)16)12(21-8(3)17)13(14(24)23-10)22-9(4)18/h10-14,24H,5H2,1-4H3/t10-,11-,12+,13-,14+/m1/s1/i14+1. The maximum atomic E-state index is 11.4. The van der Waals surface area contributed by atoms with Gasteiger partial charge in [0.15, 0.2) is 18.3 Å². The molecule has 1 heterocycles. The van der Waals surface area contributed by atoms with Crippen molar-refractivity contribution < 1.29 is 42.9 Å². The molecular formula is C14H20O9S. The highest BCUT2D eigenvalue weighted by molar-refractivity contribution is 7.80. The van der Waals surface area contributed by atoms with Gasteiger partial charge in [-0.3, -0.25) is 19.2 Å². The van der Waals surface area contributed by atoms with Gasteiger partial charge in [0.1, 0.15) is 18.1 Å². The number of carbonyl (C=O) groups is 4. The molecule has 1 saturated heterocycles. The third-order valence-electron chi connectivity index (χ3n) is 2.97. The number of ether oxygens (including phenoxy) is 5. The highest BCUT2D eigenvalue weighted by Gasteiger charge is 2.51. The lowest BCUT2D eigenvalue weighted by atomic mass is 10.0. The molecule has 0 aromatic rings. The Balaban J connectivity index is 3.11. The van der Waals surface area contributed by atoms with Gasteiger partial charge < -0.3 is 23.7 Å². The molecule has 0 aromatic carbocycles. The van der Waals surface area contributed by atoms with E-state index in [0.29, 0.717) is 0 Å². The van der Waals surface area contributed by atoms with Gasteiger partial charge in [-0.05, 0) is 0 Å². The molecule has 0 unspecified atom stereocenters. The summed E-state index contributed by atoms with van der Waals surface area (Å²) in [5, 5.41) is 0. The summed E-state index contributed by atoms with van der Waals surface area (Å²) in [6.07, 6.45) is -4.35. The van der Waals surface area contributed by atoms with Gasteiger partial charge >= 0.3 is 23.9 Å². The van der Waals surface area contributed by atoms with Crippen LogP contribution >= 0.6 is 12.6 Å². The fourth-order valence-corrected chi connectivity index (χ4v) is 2.59. The lowest BCUT2D eigenvalue weighted by Gasteiger charge is -2.42. The minimum absolute atomic E-state index is 0.255. The zero-order valence-corrected chi connectivity index (χ0v) is 14.6. The summed E-state index contributed by atoms with van der Waals surface area (Å²) >= 11 is 4.18. The molecule has 5 atom stereocenters. The highest BCUT2D eigenvalue weighted by atomic mass is 32.1. The number of hydrogen-bond acceptors (Lipinski definition) is 10. The summed E-state index contributed by atoms with van der Waals surface area (Å²) < 4.78 is 25.8. The summed E-state index contributed by atoms with van der Waals surface area (Å²) in [4.78, 5) is 45.1. The molecule has 1 aliphatic rings. The normalized spacial score (nSPS) is 29.3. The Morgan fingerprint density at radius 1 is 0.792 bits per heavy atom. The molecule has 1 rings (SSSR count). The average molecular weight is 365 g/mol. The predicted molar refractivity (Wildman–Crippen MR) is 80.9 cm³/mol. The first-order valence-corrected chi connectivity index (χ1v) is 7.62. The minimum Gasteiger partial charge on any atom is -0.463 e. The van der Waals surface area contributed by atoms with E-state index < -0.39 is 53.7 Å². The molecule has 0 aliphatic carbocycles. The molecule has 10 heteroatoms. The van der Waals surface area contributed by atoms with Crippen LogP contribution in [0, 0.1) is 0 Å². The van der Waals surface area contributed by atoms with Gasteiger partial charge in [0.25, 0.3) is 0 Å². The number of hydrogen-bond donors (Lipinski definition) is 1. The van der Waals surface area contributed by atoms with E-state index in [1.807, 2.05) is 0 Å². The summed E-state index contributed by atoms with van der Waals surface area (Å²) in [5.41, 5.74) is -0.981. The van der Waals surface area contributed by atoms with Gasteiger partial charge in [-0.15, -0.1) is 12.6 Å². The van der Waals surface area contributed by atoms with Crippen LogP contribution in [0.15, 0.2) is 0 Å². The molecule has 0 amide bonds. The maximum Gasteiger partial charge on any atom is 0.303 e. The Kier molecular flexibility index (Phi) is 7.49. The fraction of sp³-hybridized carbons (Fsp3) is 0.714. The third-order valence-corrected chi connectivity index (χ3v) is 3.38. The van der Waals surface area contributed by atoms with Crippen molar-refractivity contribution in [3.8, 4) is 0 Å². The fourth-order valence-electron chi connectivity index (χ4n) is 2.21. The van der Waals surface area contributed by atoms with Crippen LogP contribution in [0.5, 0.6) is 0 Å². The Morgan fingerprint density at radius 2 is 1.25 bits per heavy atom. The quantitative estimate of drug-likeness (QED) is 0.311. The molecule has 0 bridgehead atoms. The zero-order chi connectivity index (χ0) is 18.4. The van der Waals surface area contributed by atoms with E-state index in [9.17, 15) is 19.2 Å². The lowest BCUT2D eigenvalue weighted by molar-refractivity contribution is -0.237. The largest absolute Gasteiger partial charge is 0.463 e. The molecule has 0 aromatic heterocycles. The molecule has 9 nitrogen and oxygen atoms in total. The van der Waals surface area contributed by atoms with Crippen molar-refractivity contribution in [2.24, 2.45) is 0 Å². The maximum absolute atomic E-state index is 11.4. The molecule has 0 N–H and O–H groups in total. The number of thiol groups is 1. The van der Waals surface area contributed by atoms with Crippen LogP contribution in [0.2, 0.25) is 0 Å². The van der Waals surface area contributed by atoms with Crippen molar-refractivity contribution in [1.29, 1.82) is 0 Å². The van der Waals surface area contributed by atoms with E-state index in [1.54, 1.807) is 0 Å². The van der Waals surface area contributed by atoms with Gasteiger partial charge in [0, 0.05) is 27.7 Å². The summed E-state index contributed by atoms with van der Waals surface area (Å²) in [6, 6.07) is 0. The Hall–Kier alpha value is -1.81. The molecular weight excluding hydrogens is 345 g/mol. The van der Waals surface area contributed by atoms with Crippen molar-refractivity contribution in [2.75, 3.05) is 6.61 Å². The Bertz CT molecular complexity index is 506. The van der Waals surface area contributed by atoms with Gasteiger partial charge in [-0.2, -0.15) is 0 Å². The van der Waals surface area contributed by atoms with E-state index in [-0.39, 0.29) is 6.61 Å². The highest BCUT2D eigenvalue weighted by Crippen LogP contribution is 2.30. The minimum atomic E-state index is -1.16. The van der Waals surface area contributed by atoms with Crippen LogP contribution in [0.25, 0.3) is 0 Å². The topological polar surface area (TPSA) is 114 Å². The van der Waals surface area contributed by atoms with E-state index in [0.717, 1.165) is 20.8 Å². The molecule has 1 fully saturated rings. The molecule has 1 aliphatic heterocycles. The van der Waals surface area contributed by atoms with Gasteiger partial charge in [0.2, 0.25) is 0 Å². The van der Waals surface area contributed by atoms with Crippen molar-refractivity contribution in [3.05, 3.63) is 0 Å².